The molecular formula is C30H36Cl2N6O4S2. The number of halogens is 2. The third-order valence-corrected chi connectivity index (χ3v) is 11.6. The molecule has 0 spiro atoms. The number of aromatic nitrogens is 1. The number of anilines is 1. The lowest BCUT2D eigenvalue weighted by molar-refractivity contribution is -0.174. The summed E-state index contributed by atoms with van der Waals surface area (Å²) < 4.78 is 29.0. The van der Waals surface area contributed by atoms with Gasteiger partial charge in [-0.25, -0.2) is 13.4 Å². The number of benzene rings is 2. The first-order chi connectivity index (χ1) is 20.7. The van der Waals surface area contributed by atoms with E-state index in [0.717, 1.165) is 53.9 Å². The van der Waals surface area contributed by atoms with Crippen LogP contribution in [0.2, 0.25) is 5.02 Å². The van der Waals surface area contributed by atoms with Crippen LogP contribution in [0.4, 0.5) is 5.69 Å². The van der Waals surface area contributed by atoms with E-state index in [1.807, 2.05) is 24.2 Å². The summed E-state index contributed by atoms with van der Waals surface area (Å²) >= 11 is 7.90. The fourth-order valence-electron chi connectivity index (χ4n) is 6.22. The summed E-state index contributed by atoms with van der Waals surface area (Å²) in [5, 5.41) is 5.56. The number of pyridine rings is 1. The molecule has 14 heteroatoms. The lowest BCUT2D eigenvalue weighted by Gasteiger charge is -2.49. The van der Waals surface area contributed by atoms with E-state index in [-0.39, 0.29) is 42.3 Å². The van der Waals surface area contributed by atoms with Crippen molar-refractivity contribution < 1.29 is 18.0 Å². The number of carbonyl (C=O) groups is 2. The summed E-state index contributed by atoms with van der Waals surface area (Å²) in [6, 6.07) is 13.2. The van der Waals surface area contributed by atoms with E-state index in [9.17, 15) is 18.0 Å². The van der Waals surface area contributed by atoms with Gasteiger partial charge in [0.2, 0.25) is 15.9 Å². The molecule has 0 aliphatic carbocycles. The summed E-state index contributed by atoms with van der Waals surface area (Å²) in [4.78, 5) is 36.1. The first-order valence-corrected chi connectivity index (χ1v) is 17.5. The van der Waals surface area contributed by atoms with Crippen molar-refractivity contribution >= 4 is 74.1 Å². The molecule has 1 unspecified atom stereocenters. The first kappa shape index (κ1) is 32.8. The van der Waals surface area contributed by atoms with E-state index < -0.39 is 22.0 Å². The highest BCUT2D eigenvalue weighted by atomic mass is 35.5. The first-order valence-electron chi connectivity index (χ1n) is 14.5. The number of hydrazine groups is 1. The Hall–Kier alpha value is -2.61. The topological polar surface area (TPSA) is 97.4 Å². The van der Waals surface area contributed by atoms with Crippen molar-refractivity contribution in [3.63, 3.8) is 0 Å². The zero-order chi connectivity index (χ0) is 30.1. The molecule has 1 atom stereocenters. The third kappa shape index (κ3) is 6.66. The molecule has 6 rings (SSSR count). The Bertz CT molecular complexity index is 1600. The average Bonchev–Trinajstić information content (AvgIpc) is 3.04. The number of nitrogens with zero attached hydrogens (tertiary/aromatic N) is 6. The van der Waals surface area contributed by atoms with Crippen LogP contribution in [0.25, 0.3) is 10.8 Å². The Morgan fingerprint density at radius 3 is 2.34 bits per heavy atom. The fraction of sp³-hybridized carbons (Fsp3) is 0.433. The lowest BCUT2D eigenvalue weighted by atomic mass is 10.0. The number of sulfonamides is 1. The van der Waals surface area contributed by atoms with Crippen LogP contribution in [0.3, 0.4) is 0 Å². The maximum atomic E-state index is 14.0. The van der Waals surface area contributed by atoms with Gasteiger partial charge in [-0.05, 0) is 60.0 Å². The number of thioether (sulfide) groups is 1. The van der Waals surface area contributed by atoms with Gasteiger partial charge in [0.15, 0.2) is 0 Å². The molecular weight excluding hydrogens is 643 g/mol. The maximum Gasteiger partial charge on any atom is 0.252 e. The highest BCUT2D eigenvalue weighted by molar-refractivity contribution is 7.99. The fourth-order valence-corrected chi connectivity index (χ4v) is 8.74. The summed E-state index contributed by atoms with van der Waals surface area (Å²) in [6.45, 7) is 2.33. The van der Waals surface area contributed by atoms with Crippen LogP contribution in [0.1, 0.15) is 12.8 Å². The lowest BCUT2D eigenvalue weighted by Crippen LogP contribution is -2.68. The van der Waals surface area contributed by atoms with Crippen molar-refractivity contribution in [2.45, 2.75) is 29.8 Å². The summed E-state index contributed by atoms with van der Waals surface area (Å²) in [5.74, 6) is 1.03. The van der Waals surface area contributed by atoms with Gasteiger partial charge in [0.25, 0.3) is 5.91 Å². The summed E-state index contributed by atoms with van der Waals surface area (Å²) in [5.41, 5.74) is 1.11. The van der Waals surface area contributed by atoms with Gasteiger partial charge in [0, 0.05) is 80.4 Å². The number of carbonyl (C=O) groups excluding carboxylic acids is 2. The van der Waals surface area contributed by atoms with Crippen molar-refractivity contribution in [2.24, 2.45) is 0 Å². The van der Waals surface area contributed by atoms with Crippen LogP contribution in [0, 0.1) is 0 Å². The van der Waals surface area contributed by atoms with Crippen molar-refractivity contribution in [2.75, 3.05) is 62.7 Å². The van der Waals surface area contributed by atoms with E-state index in [1.54, 1.807) is 64.4 Å². The zero-order valence-electron chi connectivity index (χ0n) is 24.4. The van der Waals surface area contributed by atoms with Gasteiger partial charge >= 0.3 is 0 Å². The molecule has 44 heavy (non-hydrogen) atoms. The molecule has 0 N–H and O–H groups in total. The Labute approximate surface area is 273 Å². The summed E-state index contributed by atoms with van der Waals surface area (Å²) in [6.07, 6.45) is 5.16. The van der Waals surface area contributed by atoms with Crippen LogP contribution in [-0.2, 0) is 19.6 Å². The second-order valence-corrected chi connectivity index (χ2v) is 14.7. The van der Waals surface area contributed by atoms with Gasteiger partial charge < -0.3 is 9.80 Å². The van der Waals surface area contributed by atoms with Crippen molar-refractivity contribution in [1.82, 2.24) is 24.2 Å². The molecule has 0 bridgehead atoms. The monoisotopic (exact) mass is 678 g/mol. The van der Waals surface area contributed by atoms with Crippen molar-refractivity contribution in [3.05, 3.63) is 65.9 Å². The number of amides is 2. The number of piperazine rings is 1. The number of fused-ring (bicyclic) bond motifs is 1. The number of rotatable bonds is 6. The molecule has 3 fully saturated rings. The number of hydrogen-bond donors (Lipinski definition) is 0. The minimum absolute atomic E-state index is 0. The van der Waals surface area contributed by atoms with Crippen LogP contribution in [-0.4, -0.2) is 114 Å². The van der Waals surface area contributed by atoms with Crippen molar-refractivity contribution in [3.8, 4) is 0 Å². The van der Waals surface area contributed by atoms with Gasteiger partial charge in [-0.2, -0.15) is 16.1 Å². The Kier molecular flexibility index (Phi) is 10.3. The number of piperidine rings is 1. The van der Waals surface area contributed by atoms with Gasteiger partial charge in [0.05, 0.1) is 11.4 Å². The minimum atomic E-state index is -4.06. The molecule has 3 aliphatic rings. The van der Waals surface area contributed by atoms with E-state index in [0.29, 0.717) is 18.1 Å². The highest BCUT2D eigenvalue weighted by Gasteiger charge is 2.46. The quantitative estimate of drug-likeness (QED) is 0.390. The molecule has 3 aromatic rings. The van der Waals surface area contributed by atoms with E-state index in [2.05, 4.69) is 9.88 Å². The normalized spacial score (nSPS) is 20.7. The Balaban J connectivity index is 0.00000384. The molecule has 3 saturated heterocycles. The minimum Gasteiger partial charge on any atom is -0.371 e. The van der Waals surface area contributed by atoms with Crippen LogP contribution < -0.4 is 4.90 Å². The molecule has 236 valence electrons. The van der Waals surface area contributed by atoms with E-state index >= 15 is 0 Å². The maximum absolute atomic E-state index is 14.0. The molecule has 0 saturated carbocycles. The van der Waals surface area contributed by atoms with E-state index in [4.69, 9.17) is 11.6 Å². The van der Waals surface area contributed by atoms with Gasteiger partial charge in [0.1, 0.15) is 6.04 Å². The smallest absolute Gasteiger partial charge is 0.252 e. The molecule has 10 nitrogen and oxygen atoms in total. The van der Waals surface area contributed by atoms with Gasteiger partial charge in [-0.15, -0.1) is 12.4 Å². The predicted molar refractivity (Wildman–Crippen MR) is 177 cm³/mol. The Morgan fingerprint density at radius 2 is 1.64 bits per heavy atom. The zero-order valence-corrected chi connectivity index (χ0v) is 27.6. The largest absolute Gasteiger partial charge is 0.371 e. The Morgan fingerprint density at radius 1 is 0.977 bits per heavy atom. The SMILES string of the molecule is CN(C1CCN(c2ccncc2)CC1)N1C(=O)CN(S(=O)(=O)c2ccc3cc(Cl)ccc3c2)CC1C(=O)N1CCSCC1.Cl. The summed E-state index contributed by atoms with van der Waals surface area (Å²) in [7, 11) is -2.20. The molecule has 4 heterocycles. The molecule has 2 amide bonds. The molecule has 1 aromatic heterocycles. The molecule has 3 aliphatic heterocycles. The standard InChI is InChI=1S/C30H35ClN6O4S2.ClH/c1-33(25-8-12-34(13-9-25)26-6-10-32-11-7-26)37-28(30(39)35-14-16-42-17-15-35)20-36(21-29(37)38)43(40,41)27-5-3-22-18-24(31)4-2-23(22)19-27;/h2-7,10-11,18-19,25,28H,8-9,12-17,20-21H2,1H3;1H. The highest BCUT2D eigenvalue weighted by Crippen LogP contribution is 2.29. The average molecular weight is 680 g/mol. The predicted octanol–water partition coefficient (Wildman–Crippen LogP) is 3.60. The second-order valence-electron chi connectivity index (χ2n) is 11.1. The van der Waals surface area contributed by atoms with E-state index in [1.165, 1.54) is 10.4 Å². The second kappa shape index (κ2) is 13.8. The van der Waals surface area contributed by atoms with Gasteiger partial charge in [-0.3, -0.25) is 19.6 Å². The number of hydrogen-bond acceptors (Lipinski definition) is 8. The van der Waals surface area contributed by atoms with Crippen LogP contribution >= 0.6 is 35.8 Å². The molecule has 0 radical (unpaired) electrons. The van der Waals surface area contributed by atoms with Crippen LogP contribution in [0.5, 0.6) is 0 Å². The van der Waals surface area contributed by atoms with Crippen LogP contribution in [0.15, 0.2) is 65.8 Å². The van der Waals surface area contributed by atoms with Crippen molar-refractivity contribution in [1.29, 1.82) is 0 Å². The molecule has 2 aromatic carbocycles. The van der Waals surface area contributed by atoms with Gasteiger partial charge in [-0.1, -0.05) is 23.7 Å². The third-order valence-electron chi connectivity index (χ3n) is 8.62.